The van der Waals surface area contributed by atoms with Crippen molar-refractivity contribution in [1.29, 1.82) is 5.26 Å². The number of piperidine rings is 1. The van der Waals surface area contributed by atoms with Crippen LogP contribution in [0.15, 0.2) is 30.7 Å². The quantitative estimate of drug-likeness (QED) is 0.858. The van der Waals surface area contributed by atoms with Crippen molar-refractivity contribution in [2.24, 2.45) is 5.92 Å². The number of anilines is 1. The highest BCUT2D eigenvalue weighted by atomic mass is 35.5. The Hall–Kier alpha value is -2.39. The molecule has 0 saturated carbocycles. The molecule has 0 spiro atoms. The third-order valence-corrected chi connectivity index (χ3v) is 4.07. The summed E-state index contributed by atoms with van der Waals surface area (Å²) in [6.45, 7) is 2.18. The molecule has 0 bridgehead atoms. The van der Waals surface area contributed by atoms with Crippen molar-refractivity contribution >= 4 is 17.4 Å². The van der Waals surface area contributed by atoms with Crippen molar-refractivity contribution in [3.05, 3.63) is 41.4 Å². The van der Waals surface area contributed by atoms with Gasteiger partial charge in [-0.05, 0) is 25.0 Å². The fourth-order valence-corrected chi connectivity index (χ4v) is 2.88. The normalized spacial score (nSPS) is 17.6. The molecule has 0 radical (unpaired) electrons. The molecule has 1 aliphatic rings. The van der Waals surface area contributed by atoms with Crippen molar-refractivity contribution < 1.29 is 4.74 Å². The average Bonchev–Trinajstić information content (AvgIpc) is 2.61. The Labute approximate surface area is 139 Å². The summed E-state index contributed by atoms with van der Waals surface area (Å²) in [5, 5.41) is 9.69. The SMILES string of the molecule is N#Cc1nccnc1N1CCCC(COc2ncccc2Cl)C1. The maximum atomic E-state index is 9.17. The first-order valence-electron chi connectivity index (χ1n) is 7.47. The second kappa shape index (κ2) is 7.25. The van der Waals surface area contributed by atoms with Crippen LogP contribution in [0.5, 0.6) is 5.88 Å². The second-order valence-corrected chi connectivity index (χ2v) is 5.80. The van der Waals surface area contributed by atoms with Gasteiger partial charge in [0.2, 0.25) is 5.88 Å². The molecule has 1 aliphatic heterocycles. The minimum atomic E-state index is 0.329. The van der Waals surface area contributed by atoms with Crippen LogP contribution in [0.1, 0.15) is 18.5 Å². The monoisotopic (exact) mass is 329 g/mol. The highest BCUT2D eigenvalue weighted by Gasteiger charge is 2.24. The van der Waals surface area contributed by atoms with Crippen LogP contribution in [-0.4, -0.2) is 34.6 Å². The first kappa shape index (κ1) is 15.5. The summed E-state index contributed by atoms with van der Waals surface area (Å²) in [6.07, 6.45) is 6.89. The maximum absolute atomic E-state index is 9.17. The van der Waals surface area contributed by atoms with E-state index < -0.39 is 0 Å². The molecule has 7 heteroatoms. The minimum absolute atomic E-state index is 0.329. The Morgan fingerprint density at radius 1 is 1.30 bits per heavy atom. The number of hydrogen-bond donors (Lipinski definition) is 0. The highest BCUT2D eigenvalue weighted by Crippen LogP contribution is 2.25. The van der Waals surface area contributed by atoms with Crippen LogP contribution >= 0.6 is 11.6 Å². The molecule has 2 aromatic heterocycles. The number of nitriles is 1. The fraction of sp³-hybridized carbons (Fsp3) is 0.375. The van der Waals surface area contributed by atoms with E-state index in [-0.39, 0.29) is 0 Å². The van der Waals surface area contributed by atoms with Crippen molar-refractivity contribution in [3.8, 4) is 11.9 Å². The van der Waals surface area contributed by atoms with E-state index in [4.69, 9.17) is 16.3 Å². The Morgan fingerprint density at radius 2 is 2.17 bits per heavy atom. The van der Waals surface area contributed by atoms with E-state index >= 15 is 0 Å². The Kier molecular flexibility index (Phi) is 4.89. The molecule has 0 N–H and O–H groups in total. The van der Waals surface area contributed by atoms with Gasteiger partial charge in [0.1, 0.15) is 11.1 Å². The molecular formula is C16H16ClN5O. The predicted molar refractivity (Wildman–Crippen MR) is 86.4 cm³/mol. The van der Waals surface area contributed by atoms with E-state index in [1.807, 2.05) is 0 Å². The molecule has 6 nitrogen and oxygen atoms in total. The van der Waals surface area contributed by atoms with Gasteiger partial charge < -0.3 is 9.64 Å². The largest absolute Gasteiger partial charge is 0.476 e. The molecule has 1 unspecified atom stereocenters. The van der Waals surface area contributed by atoms with Gasteiger partial charge in [0, 0.05) is 37.6 Å². The molecule has 3 heterocycles. The third-order valence-electron chi connectivity index (χ3n) is 3.78. The lowest BCUT2D eigenvalue weighted by molar-refractivity contribution is 0.221. The van der Waals surface area contributed by atoms with E-state index in [0.29, 0.717) is 34.9 Å². The molecule has 3 rings (SSSR count). The summed E-state index contributed by atoms with van der Waals surface area (Å²) in [7, 11) is 0. The maximum Gasteiger partial charge on any atom is 0.232 e. The smallest absolute Gasteiger partial charge is 0.232 e. The Balaban J connectivity index is 1.65. The van der Waals surface area contributed by atoms with Crippen LogP contribution in [-0.2, 0) is 0 Å². The zero-order valence-electron chi connectivity index (χ0n) is 12.5. The van der Waals surface area contributed by atoms with Crippen LogP contribution in [0.2, 0.25) is 5.02 Å². The predicted octanol–water partition coefficient (Wildman–Crippen LogP) is 2.69. The molecule has 1 saturated heterocycles. The van der Waals surface area contributed by atoms with Gasteiger partial charge in [0.15, 0.2) is 11.5 Å². The fourth-order valence-electron chi connectivity index (χ4n) is 2.71. The van der Waals surface area contributed by atoms with Crippen molar-refractivity contribution in [3.63, 3.8) is 0 Å². The van der Waals surface area contributed by atoms with Crippen LogP contribution in [0.4, 0.5) is 5.82 Å². The van der Waals surface area contributed by atoms with Gasteiger partial charge in [-0.15, -0.1) is 0 Å². The van der Waals surface area contributed by atoms with E-state index in [0.717, 1.165) is 25.9 Å². The summed E-state index contributed by atoms with van der Waals surface area (Å²) in [5.41, 5.74) is 0.363. The van der Waals surface area contributed by atoms with Crippen molar-refractivity contribution in [2.75, 3.05) is 24.6 Å². The van der Waals surface area contributed by atoms with Crippen LogP contribution in [0.25, 0.3) is 0 Å². The average molecular weight is 330 g/mol. The number of hydrogen-bond acceptors (Lipinski definition) is 6. The summed E-state index contributed by atoms with van der Waals surface area (Å²) in [6, 6.07) is 5.63. The lowest BCUT2D eigenvalue weighted by Gasteiger charge is -2.33. The first-order chi connectivity index (χ1) is 11.3. The molecule has 2 aromatic rings. The zero-order chi connectivity index (χ0) is 16.1. The molecule has 23 heavy (non-hydrogen) atoms. The molecule has 0 aromatic carbocycles. The van der Waals surface area contributed by atoms with E-state index in [9.17, 15) is 5.26 Å². The molecule has 1 fully saturated rings. The van der Waals surface area contributed by atoms with Gasteiger partial charge in [0.05, 0.1) is 6.61 Å². The van der Waals surface area contributed by atoms with Gasteiger partial charge >= 0.3 is 0 Å². The summed E-state index contributed by atoms with van der Waals surface area (Å²) >= 11 is 6.05. The number of ether oxygens (including phenoxy) is 1. The Morgan fingerprint density at radius 3 is 3.00 bits per heavy atom. The number of rotatable bonds is 4. The standard InChI is InChI=1S/C16H16ClN5O/c17-13-4-1-5-21-16(13)23-11-12-3-2-8-22(10-12)15-14(9-18)19-6-7-20-15/h1,4-7,12H,2-3,8,10-11H2. The van der Waals surface area contributed by atoms with Crippen molar-refractivity contribution in [2.45, 2.75) is 12.8 Å². The van der Waals surface area contributed by atoms with E-state index in [1.165, 1.54) is 6.20 Å². The highest BCUT2D eigenvalue weighted by molar-refractivity contribution is 6.31. The van der Waals surface area contributed by atoms with Crippen LogP contribution in [0.3, 0.4) is 0 Å². The summed E-state index contributed by atoms with van der Waals surface area (Å²) < 4.78 is 5.75. The molecule has 1 atom stereocenters. The zero-order valence-corrected chi connectivity index (χ0v) is 13.3. The van der Waals surface area contributed by atoms with Gasteiger partial charge in [-0.25, -0.2) is 15.0 Å². The minimum Gasteiger partial charge on any atom is -0.476 e. The molecular weight excluding hydrogens is 314 g/mol. The molecule has 0 amide bonds. The second-order valence-electron chi connectivity index (χ2n) is 5.40. The number of nitrogens with zero attached hydrogens (tertiary/aromatic N) is 5. The van der Waals surface area contributed by atoms with Gasteiger partial charge in [-0.1, -0.05) is 11.6 Å². The van der Waals surface area contributed by atoms with E-state index in [2.05, 4.69) is 25.9 Å². The number of halogens is 1. The molecule has 0 aliphatic carbocycles. The van der Waals surface area contributed by atoms with Crippen LogP contribution < -0.4 is 9.64 Å². The Bertz CT molecular complexity index is 718. The third kappa shape index (κ3) is 3.69. The van der Waals surface area contributed by atoms with E-state index in [1.54, 1.807) is 24.5 Å². The van der Waals surface area contributed by atoms with Gasteiger partial charge in [-0.2, -0.15) is 5.26 Å². The van der Waals surface area contributed by atoms with Gasteiger partial charge in [0.25, 0.3) is 0 Å². The lowest BCUT2D eigenvalue weighted by atomic mass is 9.99. The summed E-state index contributed by atoms with van der Waals surface area (Å²) in [5.74, 6) is 1.44. The van der Waals surface area contributed by atoms with Crippen LogP contribution in [0, 0.1) is 17.2 Å². The number of pyridine rings is 1. The van der Waals surface area contributed by atoms with Gasteiger partial charge in [-0.3, -0.25) is 0 Å². The first-order valence-corrected chi connectivity index (χ1v) is 7.85. The summed E-state index contributed by atoms with van der Waals surface area (Å²) in [4.78, 5) is 14.6. The lowest BCUT2D eigenvalue weighted by Crippen LogP contribution is -2.38. The van der Waals surface area contributed by atoms with Crippen molar-refractivity contribution in [1.82, 2.24) is 15.0 Å². The molecule has 118 valence electrons. The topological polar surface area (TPSA) is 74.9 Å². The number of aromatic nitrogens is 3.